The summed E-state index contributed by atoms with van der Waals surface area (Å²) in [5, 5.41) is 0. The molecular weight excluding hydrogens is 252 g/mol. The summed E-state index contributed by atoms with van der Waals surface area (Å²) in [6.45, 7) is 9.51. The van der Waals surface area contributed by atoms with E-state index in [-0.39, 0.29) is 0 Å². The third-order valence-corrected chi connectivity index (χ3v) is 5.24. The van der Waals surface area contributed by atoms with Gasteiger partial charge < -0.3 is 0 Å². The first-order valence-electron chi connectivity index (χ1n) is 9.14. The minimum absolute atomic E-state index is 0.294. The predicted octanol–water partition coefficient (Wildman–Crippen LogP) is 7.13. The van der Waals surface area contributed by atoms with Crippen molar-refractivity contribution in [3.63, 3.8) is 0 Å². The molecule has 1 aromatic rings. The maximum absolute atomic E-state index is 2.42. The molecule has 1 rings (SSSR count). The Labute approximate surface area is 133 Å². The molecule has 0 aliphatic heterocycles. The van der Waals surface area contributed by atoms with Gasteiger partial charge >= 0.3 is 0 Å². The van der Waals surface area contributed by atoms with Gasteiger partial charge in [-0.15, -0.1) is 0 Å². The molecule has 120 valence electrons. The predicted molar refractivity (Wildman–Crippen MR) is 95.9 cm³/mol. The number of unbranched alkanes of at least 4 members (excludes halogenated alkanes) is 7. The molecule has 0 radical (unpaired) electrons. The summed E-state index contributed by atoms with van der Waals surface area (Å²) in [5.41, 5.74) is 1.78. The molecule has 0 aliphatic carbocycles. The largest absolute Gasteiger partial charge is 0.0654 e. The fraction of sp³-hybridized carbons (Fsp3) is 0.714. The second-order valence-electron chi connectivity index (χ2n) is 7.25. The van der Waals surface area contributed by atoms with Gasteiger partial charge in [0.15, 0.2) is 0 Å². The third-order valence-electron chi connectivity index (χ3n) is 5.24. The Hall–Kier alpha value is -0.780. The van der Waals surface area contributed by atoms with Crippen LogP contribution in [0.4, 0.5) is 0 Å². The van der Waals surface area contributed by atoms with E-state index in [0.29, 0.717) is 5.41 Å². The van der Waals surface area contributed by atoms with Gasteiger partial charge in [-0.05, 0) is 23.3 Å². The first kappa shape index (κ1) is 18.3. The van der Waals surface area contributed by atoms with E-state index in [1.807, 2.05) is 0 Å². The molecule has 0 fully saturated rings. The number of benzene rings is 1. The van der Waals surface area contributed by atoms with Gasteiger partial charge in [-0.3, -0.25) is 0 Å². The van der Waals surface area contributed by atoms with Crippen LogP contribution in [0.25, 0.3) is 0 Å². The van der Waals surface area contributed by atoms with Crippen molar-refractivity contribution < 1.29 is 0 Å². The zero-order chi connectivity index (χ0) is 15.6. The van der Waals surface area contributed by atoms with Gasteiger partial charge in [0.1, 0.15) is 0 Å². The lowest BCUT2D eigenvalue weighted by molar-refractivity contribution is 0.313. The highest BCUT2D eigenvalue weighted by atomic mass is 14.3. The standard InChI is InChI=1S/C21H36/c1-5-6-7-8-9-10-11-13-16-19(2)21(3,4)20-17-14-12-15-18-20/h12,14-15,17-19H,5-11,13,16H2,1-4H3. The second-order valence-corrected chi connectivity index (χ2v) is 7.25. The van der Waals surface area contributed by atoms with E-state index in [2.05, 4.69) is 58.0 Å². The molecule has 0 spiro atoms. The van der Waals surface area contributed by atoms with Crippen LogP contribution in [0.15, 0.2) is 30.3 Å². The van der Waals surface area contributed by atoms with Gasteiger partial charge in [0.05, 0.1) is 0 Å². The fourth-order valence-corrected chi connectivity index (χ4v) is 3.10. The van der Waals surface area contributed by atoms with Crippen molar-refractivity contribution in [1.29, 1.82) is 0 Å². The van der Waals surface area contributed by atoms with E-state index in [4.69, 9.17) is 0 Å². The Morgan fingerprint density at radius 3 is 1.90 bits per heavy atom. The van der Waals surface area contributed by atoms with Gasteiger partial charge in [-0.2, -0.15) is 0 Å². The minimum Gasteiger partial charge on any atom is -0.0654 e. The molecule has 0 nitrogen and oxygen atoms in total. The van der Waals surface area contributed by atoms with E-state index in [0.717, 1.165) is 5.92 Å². The van der Waals surface area contributed by atoms with Gasteiger partial charge in [0, 0.05) is 0 Å². The molecule has 0 saturated heterocycles. The topological polar surface area (TPSA) is 0 Å². The zero-order valence-electron chi connectivity index (χ0n) is 14.8. The van der Waals surface area contributed by atoms with Gasteiger partial charge in [0.25, 0.3) is 0 Å². The summed E-state index contributed by atoms with van der Waals surface area (Å²) < 4.78 is 0. The average molecular weight is 289 g/mol. The normalized spacial score (nSPS) is 13.3. The van der Waals surface area contributed by atoms with Crippen molar-refractivity contribution in [2.45, 2.75) is 90.9 Å². The summed E-state index contributed by atoms with van der Waals surface area (Å²) >= 11 is 0. The van der Waals surface area contributed by atoms with Crippen molar-refractivity contribution in [2.24, 2.45) is 5.92 Å². The zero-order valence-corrected chi connectivity index (χ0v) is 14.8. The first-order chi connectivity index (χ1) is 10.1. The summed E-state index contributed by atoms with van der Waals surface area (Å²) in [6.07, 6.45) is 12.7. The molecule has 1 atom stereocenters. The van der Waals surface area contributed by atoms with Crippen LogP contribution in [-0.4, -0.2) is 0 Å². The van der Waals surface area contributed by atoms with Crippen LogP contribution in [-0.2, 0) is 5.41 Å². The molecule has 0 aromatic heterocycles. The summed E-state index contributed by atoms with van der Waals surface area (Å²) in [5.74, 6) is 0.750. The van der Waals surface area contributed by atoms with Crippen molar-refractivity contribution in [3.8, 4) is 0 Å². The lowest BCUT2D eigenvalue weighted by atomic mass is 9.72. The monoisotopic (exact) mass is 288 g/mol. The summed E-state index contributed by atoms with van der Waals surface area (Å²) in [4.78, 5) is 0. The number of hydrogen-bond acceptors (Lipinski definition) is 0. The van der Waals surface area contributed by atoms with Crippen LogP contribution in [0.5, 0.6) is 0 Å². The highest BCUT2D eigenvalue weighted by Crippen LogP contribution is 2.34. The Morgan fingerprint density at radius 1 is 0.810 bits per heavy atom. The molecule has 0 N–H and O–H groups in total. The molecule has 21 heavy (non-hydrogen) atoms. The van der Waals surface area contributed by atoms with Crippen molar-refractivity contribution in [2.75, 3.05) is 0 Å². The van der Waals surface area contributed by atoms with Crippen LogP contribution in [0.3, 0.4) is 0 Å². The number of rotatable bonds is 11. The molecule has 0 saturated carbocycles. The molecule has 0 heteroatoms. The smallest absolute Gasteiger partial charge is 0.00779 e. The fourth-order valence-electron chi connectivity index (χ4n) is 3.10. The second kappa shape index (κ2) is 10.0. The van der Waals surface area contributed by atoms with E-state index >= 15 is 0 Å². The SMILES string of the molecule is CCCCCCCCCCC(C)C(C)(C)c1ccccc1. The highest BCUT2D eigenvalue weighted by molar-refractivity contribution is 5.24. The Kier molecular flexibility index (Phi) is 8.73. The van der Waals surface area contributed by atoms with E-state index < -0.39 is 0 Å². The van der Waals surface area contributed by atoms with Crippen LogP contribution < -0.4 is 0 Å². The first-order valence-corrected chi connectivity index (χ1v) is 9.14. The minimum atomic E-state index is 0.294. The quantitative estimate of drug-likeness (QED) is 0.380. The van der Waals surface area contributed by atoms with Crippen LogP contribution >= 0.6 is 0 Å². The molecule has 0 aliphatic rings. The van der Waals surface area contributed by atoms with Crippen molar-refractivity contribution in [3.05, 3.63) is 35.9 Å². The maximum atomic E-state index is 2.42. The molecule has 0 bridgehead atoms. The molecule has 0 heterocycles. The van der Waals surface area contributed by atoms with Crippen molar-refractivity contribution in [1.82, 2.24) is 0 Å². The Balaban J connectivity index is 2.20. The summed E-state index contributed by atoms with van der Waals surface area (Å²) in [6, 6.07) is 11.0. The third kappa shape index (κ3) is 6.68. The Morgan fingerprint density at radius 2 is 1.33 bits per heavy atom. The van der Waals surface area contributed by atoms with E-state index in [1.165, 1.54) is 63.4 Å². The van der Waals surface area contributed by atoms with Crippen LogP contribution in [0.2, 0.25) is 0 Å². The molecule has 1 aromatic carbocycles. The summed E-state index contributed by atoms with van der Waals surface area (Å²) in [7, 11) is 0. The highest BCUT2D eigenvalue weighted by Gasteiger charge is 2.26. The van der Waals surface area contributed by atoms with E-state index in [1.54, 1.807) is 0 Å². The van der Waals surface area contributed by atoms with Crippen LogP contribution in [0.1, 0.15) is 91.0 Å². The van der Waals surface area contributed by atoms with Gasteiger partial charge in [-0.25, -0.2) is 0 Å². The lowest BCUT2D eigenvalue weighted by Gasteiger charge is -2.32. The molecule has 0 amide bonds. The Bertz CT molecular complexity index is 350. The number of hydrogen-bond donors (Lipinski definition) is 0. The molecule has 1 unspecified atom stereocenters. The maximum Gasteiger partial charge on any atom is -0.00779 e. The lowest BCUT2D eigenvalue weighted by Crippen LogP contribution is -2.26. The average Bonchev–Trinajstić information content (AvgIpc) is 2.50. The van der Waals surface area contributed by atoms with E-state index in [9.17, 15) is 0 Å². The van der Waals surface area contributed by atoms with Crippen LogP contribution in [0, 0.1) is 5.92 Å². The van der Waals surface area contributed by atoms with Crippen molar-refractivity contribution >= 4 is 0 Å². The molecular formula is C21H36. The van der Waals surface area contributed by atoms with Gasteiger partial charge in [-0.1, -0.05) is 109 Å². The van der Waals surface area contributed by atoms with Gasteiger partial charge in [0.2, 0.25) is 0 Å².